The Bertz CT molecular complexity index is 916. The molecule has 1 aliphatic carbocycles. The van der Waals surface area contributed by atoms with E-state index in [0.717, 1.165) is 24.0 Å². The van der Waals surface area contributed by atoms with E-state index >= 15 is 0 Å². The number of fused-ring (bicyclic) bond motifs is 6. The number of hydrogen-bond acceptors (Lipinski definition) is 3. The quantitative estimate of drug-likeness (QED) is 0.731. The van der Waals surface area contributed by atoms with Crippen molar-refractivity contribution in [1.29, 1.82) is 0 Å². The molecule has 2 aliphatic rings. The second kappa shape index (κ2) is 4.65. The number of aromatic nitrogens is 3. The summed E-state index contributed by atoms with van der Waals surface area (Å²) in [5, 5.41) is 8.26. The lowest BCUT2D eigenvalue weighted by Crippen LogP contribution is -2.36. The van der Waals surface area contributed by atoms with E-state index in [2.05, 4.69) is 34.6 Å². The molecule has 2 atom stereocenters. The highest BCUT2D eigenvalue weighted by Crippen LogP contribution is 2.49. The Morgan fingerprint density at radius 3 is 2.78 bits per heavy atom. The Labute approximate surface area is 133 Å². The molecule has 0 saturated carbocycles. The minimum Gasteiger partial charge on any atom is -0.333 e. The minimum absolute atomic E-state index is 0.127. The molecule has 2 bridgehead atoms. The predicted octanol–water partition coefficient (Wildman–Crippen LogP) is 2.50. The van der Waals surface area contributed by atoms with E-state index in [0.29, 0.717) is 5.92 Å². The Balaban J connectivity index is 1.43. The first kappa shape index (κ1) is 12.8. The van der Waals surface area contributed by atoms with Crippen LogP contribution < -0.4 is 0 Å². The minimum atomic E-state index is 0.127. The summed E-state index contributed by atoms with van der Waals surface area (Å²) in [4.78, 5) is 14.8. The van der Waals surface area contributed by atoms with Crippen LogP contribution in [0.15, 0.2) is 48.5 Å². The number of benzene rings is 2. The molecule has 0 N–H and O–H groups in total. The Morgan fingerprint density at radius 2 is 1.87 bits per heavy atom. The predicted molar refractivity (Wildman–Crippen MR) is 85.8 cm³/mol. The Kier molecular flexibility index (Phi) is 2.59. The van der Waals surface area contributed by atoms with Crippen LogP contribution in [-0.2, 0) is 11.3 Å². The molecule has 3 aromatic rings. The third-order valence-electron chi connectivity index (χ3n) is 5.12. The van der Waals surface area contributed by atoms with E-state index in [-0.39, 0.29) is 18.5 Å². The van der Waals surface area contributed by atoms with Gasteiger partial charge >= 0.3 is 0 Å². The van der Waals surface area contributed by atoms with E-state index in [1.165, 1.54) is 11.1 Å². The van der Waals surface area contributed by atoms with E-state index in [4.69, 9.17) is 0 Å². The van der Waals surface area contributed by atoms with E-state index in [1.807, 2.05) is 29.2 Å². The van der Waals surface area contributed by atoms with Crippen molar-refractivity contribution in [2.75, 3.05) is 6.54 Å². The van der Waals surface area contributed by atoms with Gasteiger partial charge in [-0.3, -0.25) is 4.79 Å². The molecule has 1 fully saturated rings. The van der Waals surface area contributed by atoms with Gasteiger partial charge in [-0.2, -0.15) is 0 Å². The average molecular weight is 304 g/mol. The number of amides is 1. The van der Waals surface area contributed by atoms with Gasteiger partial charge in [-0.15, -0.1) is 5.10 Å². The van der Waals surface area contributed by atoms with Crippen molar-refractivity contribution < 1.29 is 4.79 Å². The second-order valence-electron chi connectivity index (χ2n) is 6.36. The standard InChI is InChI=1S/C18H16N4O/c23-18(11-22-16-8-4-3-7-15(16)19-20-22)21-10-12-9-17(21)14-6-2-1-5-13(12)14/h1-8,12,17H,9-11H2. The van der Waals surface area contributed by atoms with Gasteiger partial charge in [0.05, 0.1) is 11.6 Å². The van der Waals surface area contributed by atoms with Gasteiger partial charge in [0, 0.05) is 12.5 Å². The zero-order chi connectivity index (χ0) is 15.4. The first-order chi connectivity index (χ1) is 11.3. The van der Waals surface area contributed by atoms with Crippen molar-refractivity contribution in [2.45, 2.75) is 24.9 Å². The summed E-state index contributed by atoms with van der Waals surface area (Å²) in [5.41, 5.74) is 4.48. The van der Waals surface area contributed by atoms with Crippen molar-refractivity contribution in [3.8, 4) is 0 Å². The first-order valence-corrected chi connectivity index (χ1v) is 7.98. The molecule has 1 aromatic heterocycles. The van der Waals surface area contributed by atoms with E-state index in [9.17, 15) is 4.79 Å². The summed E-state index contributed by atoms with van der Waals surface area (Å²) < 4.78 is 1.70. The number of rotatable bonds is 2. The van der Waals surface area contributed by atoms with Crippen LogP contribution in [0.4, 0.5) is 0 Å². The molecule has 5 nitrogen and oxygen atoms in total. The third-order valence-corrected chi connectivity index (χ3v) is 5.12. The van der Waals surface area contributed by atoms with Gasteiger partial charge in [-0.25, -0.2) is 4.68 Å². The smallest absolute Gasteiger partial charge is 0.244 e. The van der Waals surface area contributed by atoms with Crippen molar-refractivity contribution in [1.82, 2.24) is 19.9 Å². The summed E-state index contributed by atoms with van der Waals surface area (Å²) in [6.07, 6.45) is 1.06. The van der Waals surface area contributed by atoms with Gasteiger partial charge in [-0.1, -0.05) is 41.6 Å². The fourth-order valence-corrected chi connectivity index (χ4v) is 4.07. The summed E-state index contributed by atoms with van der Waals surface area (Å²) in [7, 11) is 0. The molecule has 2 unspecified atom stereocenters. The SMILES string of the molecule is O=C(Cn1nnc2ccccc21)N1CC2CC1c1ccccc12. The highest BCUT2D eigenvalue weighted by molar-refractivity contribution is 5.81. The molecular formula is C18H16N4O. The molecule has 1 amide bonds. The summed E-state index contributed by atoms with van der Waals surface area (Å²) in [5.74, 6) is 0.621. The zero-order valence-electron chi connectivity index (χ0n) is 12.6. The number of nitrogens with zero attached hydrogens (tertiary/aromatic N) is 4. The monoisotopic (exact) mass is 304 g/mol. The molecule has 5 rings (SSSR count). The lowest BCUT2D eigenvalue weighted by molar-refractivity contribution is -0.133. The molecule has 114 valence electrons. The lowest BCUT2D eigenvalue weighted by atomic mass is 9.99. The van der Waals surface area contributed by atoms with Gasteiger partial charge in [0.2, 0.25) is 5.91 Å². The molecular weight excluding hydrogens is 288 g/mol. The molecule has 2 heterocycles. The number of hydrogen-bond donors (Lipinski definition) is 0. The second-order valence-corrected chi connectivity index (χ2v) is 6.36. The highest BCUT2D eigenvalue weighted by atomic mass is 16.2. The maximum atomic E-state index is 12.8. The molecule has 5 heteroatoms. The van der Waals surface area contributed by atoms with Gasteiger partial charge in [0.15, 0.2) is 0 Å². The maximum absolute atomic E-state index is 12.8. The first-order valence-electron chi connectivity index (χ1n) is 7.98. The Morgan fingerprint density at radius 1 is 1.09 bits per heavy atom. The molecule has 23 heavy (non-hydrogen) atoms. The van der Waals surface area contributed by atoms with Crippen LogP contribution in [-0.4, -0.2) is 32.3 Å². The van der Waals surface area contributed by atoms with Gasteiger partial charge in [0.25, 0.3) is 0 Å². The summed E-state index contributed by atoms with van der Waals surface area (Å²) in [6, 6.07) is 16.5. The fourth-order valence-electron chi connectivity index (χ4n) is 4.07. The highest BCUT2D eigenvalue weighted by Gasteiger charge is 2.44. The molecule has 2 aromatic carbocycles. The van der Waals surface area contributed by atoms with Crippen molar-refractivity contribution >= 4 is 16.9 Å². The number of para-hydroxylation sites is 1. The van der Waals surface area contributed by atoms with Crippen molar-refractivity contribution in [3.63, 3.8) is 0 Å². The van der Waals surface area contributed by atoms with Crippen molar-refractivity contribution in [2.24, 2.45) is 0 Å². The van der Waals surface area contributed by atoms with Gasteiger partial charge in [-0.05, 0) is 29.7 Å². The number of carbonyl (C=O) groups is 1. The van der Waals surface area contributed by atoms with Gasteiger partial charge < -0.3 is 4.90 Å². The molecule has 0 radical (unpaired) electrons. The summed E-state index contributed by atoms with van der Waals surface area (Å²) in [6.45, 7) is 1.08. The van der Waals surface area contributed by atoms with Crippen LogP contribution in [0.1, 0.15) is 29.5 Å². The molecule has 1 aliphatic heterocycles. The summed E-state index contributed by atoms with van der Waals surface area (Å²) >= 11 is 0. The third kappa shape index (κ3) is 1.82. The van der Waals surface area contributed by atoms with Crippen LogP contribution in [0.2, 0.25) is 0 Å². The van der Waals surface area contributed by atoms with Crippen LogP contribution in [0, 0.1) is 0 Å². The lowest BCUT2D eigenvalue weighted by Gasteiger charge is -2.29. The normalized spacial score (nSPS) is 21.8. The Hall–Kier alpha value is -2.69. The average Bonchev–Trinajstić information content (AvgIpc) is 3.29. The van der Waals surface area contributed by atoms with E-state index < -0.39 is 0 Å². The maximum Gasteiger partial charge on any atom is 0.244 e. The number of likely N-dealkylation sites (tertiary alicyclic amines) is 1. The fraction of sp³-hybridized carbons (Fsp3) is 0.278. The van der Waals surface area contributed by atoms with Crippen LogP contribution >= 0.6 is 0 Å². The van der Waals surface area contributed by atoms with Gasteiger partial charge in [0.1, 0.15) is 12.1 Å². The van der Waals surface area contributed by atoms with Crippen molar-refractivity contribution in [3.05, 3.63) is 59.7 Å². The largest absolute Gasteiger partial charge is 0.333 e. The van der Waals surface area contributed by atoms with Crippen LogP contribution in [0.5, 0.6) is 0 Å². The topological polar surface area (TPSA) is 51.0 Å². The molecule has 1 saturated heterocycles. The van der Waals surface area contributed by atoms with Crippen LogP contribution in [0.25, 0.3) is 11.0 Å². The molecule has 0 spiro atoms. The van der Waals surface area contributed by atoms with E-state index in [1.54, 1.807) is 4.68 Å². The van der Waals surface area contributed by atoms with Crippen LogP contribution in [0.3, 0.4) is 0 Å². The number of carbonyl (C=O) groups excluding carboxylic acids is 1. The zero-order valence-corrected chi connectivity index (χ0v) is 12.6.